The average Bonchev–Trinajstić information content (AvgIpc) is 2.47. The highest BCUT2D eigenvalue weighted by Crippen LogP contribution is 2.26. The molecular formula is C15H23Cl2N3O2. The van der Waals surface area contributed by atoms with E-state index in [0.29, 0.717) is 23.2 Å². The maximum Gasteiger partial charge on any atom is 0.273 e. The first-order chi connectivity index (χ1) is 10.1. The summed E-state index contributed by atoms with van der Waals surface area (Å²) >= 11 is 6.02. The number of nitrogens with zero attached hydrogens (tertiary/aromatic N) is 2. The molecule has 0 unspecified atom stereocenters. The van der Waals surface area contributed by atoms with Crippen LogP contribution in [0.1, 0.15) is 31.7 Å². The van der Waals surface area contributed by atoms with Gasteiger partial charge in [0, 0.05) is 29.2 Å². The number of nitro groups is 1. The largest absolute Gasteiger partial charge is 0.317 e. The lowest BCUT2D eigenvalue weighted by Gasteiger charge is -2.34. The van der Waals surface area contributed by atoms with E-state index in [0.717, 1.165) is 38.9 Å². The van der Waals surface area contributed by atoms with Crippen LogP contribution in [-0.4, -0.2) is 35.5 Å². The highest BCUT2D eigenvalue weighted by Gasteiger charge is 2.23. The molecule has 0 aromatic heterocycles. The lowest BCUT2D eigenvalue weighted by atomic mass is 10.0. The summed E-state index contributed by atoms with van der Waals surface area (Å²) in [6.07, 6.45) is 3.22. The van der Waals surface area contributed by atoms with Gasteiger partial charge in [-0.3, -0.25) is 15.0 Å². The molecule has 5 nitrogen and oxygen atoms in total. The summed E-state index contributed by atoms with van der Waals surface area (Å²) in [5, 5.41) is 15.1. The van der Waals surface area contributed by atoms with Gasteiger partial charge in [0.15, 0.2) is 0 Å². The molecule has 1 N–H and O–H groups in total. The van der Waals surface area contributed by atoms with Crippen LogP contribution in [0.15, 0.2) is 18.2 Å². The van der Waals surface area contributed by atoms with E-state index in [4.69, 9.17) is 11.6 Å². The first kappa shape index (κ1) is 19.2. The molecule has 1 aliphatic rings. The molecule has 0 bridgehead atoms. The predicted molar refractivity (Wildman–Crippen MR) is 91.9 cm³/mol. The van der Waals surface area contributed by atoms with E-state index < -0.39 is 0 Å². The fourth-order valence-corrected chi connectivity index (χ4v) is 3.12. The highest BCUT2D eigenvalue weighted by molar-refractivity contribution is 6.30. The van der Waals surface area contributed by atoms with Crippen LogP contribution in [-0.2, 0) is 6.54 Å². The Labute approximate surface area is 142 Å². The van der Waals surface area contributed by atoms with Gasteiger partial charge in [-0.25, -0.2) is 0 Å². The molecule has 0 spiro atoms. The molecule has 1 aromatic rings. The predicted octanol–water partition coefficient (Wildman–Crippen LogP) is 3.63. The van der Waals surface area contributed by atoms with Crippen LogP contribution in [0.25, 0.3) is 0 Å². The third kappa shape index (κ3) is 5.09. The smallest absolute Gasteiger partial charge is 0.273 e. The second-order valence-electron chi connectivity index (χ2n) is 5.48. The lowest BCUT2D eigenvalue weighted by molar-refractivity contribution is -0.385. The van der Waals surface area contributed by atoms with Crippen molar-refractivity contribution in [3.63, 3.8) is 0 Å². The van der Waals surface area contributed by atoms with Crippen molar-refractivity contribution in [2.45, 2.75) is 38.8 Å². The first-order valence-electron chi connectivity index (χ1n) is 7.49. The number of rotatable bonds is 6. The fourth-order valence-electron chi connectivity index (χ4n) is 2.93. The standard InChI is InChI=1S/C15H22ClN3O2.ClH/c1-2-9-18(14-5-7-17-8-6-14)11-12-10-13(16)3-4-15(12)19(20)21;/h3-4,10,14,17H,2,5-9,11H2,1H3;1H. The molecule has 1 aromatic carbocycles. The Morgan fingerprint density at radius 1 is 1.41 bits per heavy atom. The molecule has 124 valence electrons. The molecule has 1 aliphatic heterocycles. The summed E-state index contributed by atoms with van der Waals surface area (Å²) in [5.74, 6) is 0. The quantitative estimate of drug-likeness (QED) is 0.630. The highest BCUT2D eigenvalue weighted by atomic mass is 35.5. The van der Waals surface area contributed by atoms with Crippen molar-refractivity contribution >= 4 is 29.7 Å². The number of nitrogens with one attached hydrogen (secondary N) is 1. The van der Waals surface area contributed by atoms with Crippen LogP contribution in [0, 0.1) is 10.1 Å². The Bertz CT molecular complexity index is 494. The van der Waals surface area contributed by atoms with Crippen molar-refractivity contribution in [1.82, 2.24) is 10.2 Å². The Hall–Kier alpha value is -0.880. The topological polar surface area (TPSA) is 58.4 Å². The maximum atomic E-state index is 11.2. The molecule has 0 amide bonds. The van der Waals surface area contributed by atoms with Crippen molar-refractivity contribution in [3.05, 3.63) is 38.9 Å². The third-order valence-electron chi connectivity index (χ3n) is 3.95. The van der Waals surface area contributed by atoms with Crippen molar-refractivity contribution in [2.75, 3.05) is 19.6 Å². The molecule has 1 heterocycles. The lowest BCUT2D eigenvalue weighted by Crippen LogP contribution is -2.43. The zero-order chi connectivity index (χ0) is 15.2. The van der Waals surface area contributed by atoms with Crippen molar-refractivity contribution < 1.29 is 4.92 Å². The van der Waals surface area contributed by atoms with Gasteiger partial charge in [-0.05, 0) is 51.0 Å². The van der Waals surface area contributed by atoms with Gasteiger partial charge in [-0.2, -0.15) is 0 Å². The van der Waals surface area contributed by atoms with Crippen LogP contribution < -0.4 is 5.32 Å². The van der Waals surface area contributed by atoms with Gasteiger partial charge in [-0.1, -0.05) is 18.5 Å². The summed E-state index contributed by atoms with van der Waals surface area (Å²) in [6, 6.07) is 5.30. The second kappa shape index (κ2) is 9.30. The molecule has 1 fully saturated rings. The minimum absolute atomic E-state index is 0. The van der Waals surface area contributed by atoms with E-state index in [-0.39, 0.29) is 23.0 Å². The Morgan fingerprint density at radius 2 is 2.09 bits per heavy atom. The average molecular weight is 348 g/mol. The van der Waals surface area contributed by atoms with Gasteiger partial charge in [0.1, 0.15) is 0 Å². The van der Waals surface area contributed by atoms with E-state index in [1.54, 1.807) is 12.1 Å². The van der Waals surface area contributed by atoms with Crippen LogP contribution in [0.5, 0.6) is 0 Å². The number of benzene rings is 1. The number of piperidine rings is 1. The van der Waals surface area contributed by atoms with Crippen LogP contribution in [0.4, 0.5) is 5.69 Å². The molecule has 0 aliphatic carbocycles. The van der Waals surface area contributed by atoms with E-state index >= 15 is 0 Å². The molecule has 1 saturated heterocycles. The zero-order valence-electron chi connectivity index (χ0n) is 12.8. The Morgan fingerprint density at radius 3 is 2.68 bits per heavy atom. The second-order valence-corrected chi connectivity index (χ2v) is 5.92. The van der Waals surface area contributed by atoms with Crippen molar-refractivity contribution in [1.29, 1.82) is 0 Å². The van der Waals surface area contributed by atoms with Gasteiger partial charge in [0.25, 0.3) is 5.69 Å². The molecule has 7 heteroatoms. The molecule has 0 radical (unpaired) electrons. The summed E-state index contributed by atoms with van der Waals surface area (Å²) in [5.41, 5.74) is 0.869. The molecule has 0 saturated carbocycles. The van der Waals surface area contributed by atoms with Gasteiger partial charge >= 0.3 is 0 Å². The normalized spacial score (nSPS) is 15.6. The zero-order valence-corrected chi connectivity index (χ0v) is 14.3. The van der Waals surface area contributed by atoms with Gasteiger partial charge in [0.2, 0.25) is 0 Å². The summed E-state index contributed by atoms with van der Waals surface area (Å²) in [7, 11) is 0. The number of nitro benzene ring substituents is 1. The Balaban J connectivity index is 0.00000242. The van der Waals surface area contributed by atoms with E-state index in [9.17, 15) is 10.1 Å². The number of hydrogen-bond acceptors (Lipinski definition) is 4. The van der Waals surface area contributed by atoms with E-state index in [1.165, 1.54) is 6.07 Å². The molecule has 22 heavy (non-hydrogen) atoms. The van der Waals surface area contributed by atoms with E-state index in [1.807, 2.05) is 0 Å². The number of hydrogen-bond donors (Lipinski definition) is 1. The van der Waals surface area contributed by atoms with Crippen LogP contribution in [0.2, 0.25) is 5.02 Å². The Kier molecular flexibility index (Phi) is 8.10. The van der Waals surface area contributed by atoms with Crippen molar-refractivity contribution in [3.8, 4) is 0 Å². The van der Waals surface area contributed by atoms with Crippen LogP contribution >= 0.6 is 24.0 Å². The van der Waals surface area contributed by atoms with Crippen molar-refractivity contribution in [2.24, 2.45) is 0 Å². The maximum absolute atomic E-state index is 11.2. The fraction of sp³-hybridized carbons (Fsp3) is 0.600. The van der Waals surface area contributed by atoms with Gasteiger partial charge in [0.05, 0.1) is 4.92 Å². The number of halogens is 2. The summed E-state index contributed by atoms with van der Waals surface area (Å²) in [4.78, 5) is 13.2. The minimum Gasteiger partial charge on any atom is -0.317 e. The summed E-state index contributed by atoms with van der Waals surface area (Å²) in [6.45, 7) is 5.72. The SMILES string of the molecule is CCCN(Cc1cc(Cl)ccc1[N+](=O)[O-])C1CCNCC1.Cl. The van der Waals surface area contributed by atoms with E-state index in [2.05, 4.69) is 17.1 Å². The first-order valence-corrected chi connectivity index (χ1v) is 7.87. The summed E-state index contributed by atoms with van der Waals surface area (Å²) < 4.78 is 0. The van der Waals surface area contributed by atoms with Crippen LogP contribution in [0.3, 0.4) is 0 Å². The van der Waals surface area contributed by atoms with Gasteiger partial charge in [-0.15, -0.1) is 12.4 Å². The monoisotopic (exact) mass is 347 g/mol. The third-order valence-corrected chi connectivity index (χ3v) is 4.18. The van der Waals surface area contributed by atoms with Gasteiger partial charge < -0.3 is 5.32 Å². The minimum atomic E-state index is -0.321. The molecular weight excluding hydrogens is 325 g/mol. The molecule has 0 atom stereocenters. The molecule has 2 rings (SSSR count).